The summed E-state index contributed by atoms with van der Waals surface area (Å²) in [7, 11) is 0. The van der Waals surface area contributed by atoms with Crippen LogP contribution in [0.5, 0.6) is 5.88 Å². The maximum atomic E-state index is 11.8. The number of esters is 1. The number of nitrogens with zero attached hydrogens (tertiary/aromatic N) is 5. The van der Waals surface area contributed by atoms with Gasteiger partial charge in [-0.05, 0) is 69.4 Å². The van der Waals surface area contributed by atoms with E-state index in [4.69, 9.17) is 25.3 Å². The number of anilines is 1. The van der Waals surface area contributed by atoms with Gasteiger partial charge < -0.3 is 30.1 Å². The van der Waals surface area contributed by atoms with E-state index >= 15 is 0 Å². The van der Waals surface area contributed by atoms with Crippen molar-refractivity contribution in [2.75, 3.05) is 38.5 Å². The molecule has 49 heavy (non-hydrogen) atoms. The molecule has 0 aliphatic carbocycles. The third-order valence-electron chi connectivity index (χ3n) is 9.09. The molecule has 0 unspecified atom stereocenters. The van der Waals surface area contributed by atoms with E-state index in [0.29, 0.717) is 43.7 Å². The Morgan fingerprint density at radius 1 is 0.857 bits per heavy atom. The first-order valence-electron chi connectivity index (χ1n) is 16.5. The lowest BCUT2D eigenvalue weighted by Crippen LogP contribution is -2.42. The number of piperidine rings is 2. The number of amides is 2. The lowest BCUT2D eigenvalue weighted by molar-refractivity contribution is -0.160. The van der Waals surface area contributed by atoms with Crippen LogP contribution in [0.25, 0.3) is 0 Å². The Bertz CT molecular complexity index is 1690. The summed E-state index contributed by atoms with van der Waals surface area (Å²) in [5, 5.41) is 8.86. The summed E-state index contributed by atoms with van der Waals surface area (Å²) < 4.78 is 10.8. The molecule has 2 aromatic carbocycles. The van der Waals surface area contributed by atoms with Gasteiger partial charge in [0, 0.05) is 31.7 Å². The number of carbonyl (C=O) groups excluding carboxylic acids is 3. The zero-order valence-corrected chi connectivity index (χ0v) is 28.0. The first kappa shape index (κ1) is 35.0. The Hall–Kier alpha value is -5.33. The summed E-state index contributed by atoms with van der Waals surface area (Å²) >= 11 is 0. The highest BCUT2D eigenvalue weighted by atomic mass is 16.5. The van der Waals surface area contributed by atoms with Gasteiger partial charge in [0.15, 0.2) is 11.5 Å². The number of hydrogen-bond acceptors (Lipinski definition) is 10. The molecule has 3 aliphatic heterocycles. The van der Waals surface area contributed by atoms with Crippen LogP contribution in [0.2, 0.25) is 0 Å². The summed E-state index contributed by atoms with van der Waals surface area (Å²) in [6, 6.07) is 18.4. The van der Waals surface area contributed by atoms with Crippen molar-refractivity contribution in [3.63, 3.8) is 0 Å². The van der Waals surface area contributed by atoms with Gasteiger partial charge in [-0.3, -0.25) is 9.59 Å². The average molecular weight is 671 g/mol. The molecule has 0 bridgehead atoms. The molecular formula is C36H42N6O7. The van der Waals surface area contributed by atoms with Gasteiger partial charge in [0.25, 0.3) is 0 Å². The Kier molecular flexibility index (Phi) is 10.9. The van der Waals surface area contributed by atoms with Gasteiger partial charge in [0.1, 0.15) is 11.9 Å². The van der Waals surface area contributed by atoms with E-state index in [1.165, 1.54) is 16.8 Å². The molecule has 3 aliphatic rings. The molecule has 4 heterocycles. The van der Waals surface area contributed by atoms with Gasteiger partial charge in [-0.25, -0.2) is 19.6 Å². The van der Waals surface area contributed by atoms with Crippen molar-refractivity contribution in [1.29, 1.82) is 0 Å². The number of hydrogen-bond donors (Lipinski definition) is 2. The SMILES string of the molecule is CC1(C)Oc2ncnc(N)c2N=C1c1ccc(C2CCN(C(=O)C(=O)O)CC2)cc1.CCOC(=O)C(=O)N1CCC(c2ccccc2)CC1. The largest absolute Gasteiger partial charge is 0.474 e. The highest BCUT2D eigenvalue weighted by Gasteiger charge is 2.35. The molecule has 6 rings (SSSR count). The molecule has 1 aromatic heterocycles. The van der Waals surface area contributed by atoms with Gasteiger partial charge in [0.2, 0.25) is 5.88 Å². The standard InChI is InChI=1S/C21H23N5O4.C15H19NO3/c1-21(2)16(25-15-17(22)23-11-24-18(15)30-21)14-5-3-12(4-6-14)13-7-9-26(10-8-13)19(27)20(28)29;1-2-19-15(18)14(17)16-10-8-13(9-11-16)12-6-4-3-5-7-12/h3-6,11,13H,7-10H2,1-2H3,(H,28,29)(H2,22,23,24);3-7,13H,2,8-11H2,1H3. The number of likely N-dealkylation sites (tertiary alicyclic amines) is 2. The number of carboxylic acid groups (broad SMARTS) is 1. The van der Waals surface area contributed by atoms with Crippen LogP contribution in [-0.4, -0.2) is 92.7 Å². The lowest BCUT2D eigenvalue weighted by Gasteiger charge is -2.33. The number of nitrogen functional groups attached to an aromatic ring is 1. The Balaban J connectivity index is 0.000000212. The molecule has 0 spiro atoms. The quantitative estimate of drug-likeness (QED) is 0.303. The molecule has 3 N–H and O–H groups in total. The number of aliphatic carboxylic acids is 1. The monoisotopic (exact) mass is 670 g/mol. The van der Waals surface area contributed by atoms with Gasteiger partial charge in [0.05, 0.1) is 12.3 Å². The maximum absolute atomic E-state index is 11.8. The summed E-state index contributed by atoms with van der Waals surface area (Å²) in [5.41, 5.74) is 9.81. The molecule has 2 saturated heterocycles. The van der Waals surface area contributed by atoms with Crippen LogP contribution in [0.15, 0.2) is 65.9 Å². The van der Waals surface area contributed by atoms with Crippen LogP contribution in [0.3, 0.4) is 0 Å². The fraction of sp³-hybridized carbons (Fsp3) is 0.417. The van der Waals surface area contributed by atoms with Crippen molar-refractivity contribution in [2.45, 2.75) is 63.9 Å². The van der Waals surface area contributed by atoms with Crippen molar-refractivity contribution in [3.05, 3.63) is 77.6 Å². The Labute approximate surface area is 285 Å². The van der Waals surface area contributed by atoms with Crippen molar-refractivity contribution >= 4 is 41.0 Å². The maximum Gasteiger partial charge on any atom is 0.397 e. The van der Waals surface area contributed by atoms with Crippen molar-refractivity contribution < 1.29 is 33.8 Å². The number of nitrogens with two attached hydrogens (primary N) is 1. The van der Waals surface area contributed by atoms with E-state index in [2.05, 4.69) is 22.1 Å². The minimum Gasteiger partial charge on any atom is -0.474 e. The zero-order chi connectivity index (χ0) is 35.1. The third-order valence-corrected chi connectivity index (χ3v) is 9.09. The van der Waals surface area contributed by atoms with Crippen LogP contribution in [0.1, 0.15) is 75.0 Å². The molecule has 3 aromatic rings. The van der Waals surface area contributed by atoms with Crippen LogP contribution < -0.4 is 10.5 Å². The van der Waals surface area contributed by atoms with Crippen molar-refractivity contribution in [3.8, 4) is 5.88 Å². The molecule has 0 saturated carbocycles. The number of aromatic nitrogens is 2. The number of fused-ring (bicyclic) bond motifs is 1. The number of benzene rings is 2. The van der Waals surface area contributed by atoms with Crippen LogP contribution in [0.4, 0.5) is 11.5 Å². The summed E-state index contributed by atoms with van der Waals surface area (Å²) in [6.07, 6.45) is 4.61. The first-order chi connectivity index (χ1) is 23.5. The number of aliphatic imine (C=N–C) groups is 1. The predicted molar refractivity (Wildman–Crippen MR) is 182 cm³/mol. The molecule has 0 atom stereocenters. The third kappa shape index (κ3) is 8.22. The average Bonchev–Trinajstić information content (AvgIpc) is 3.11. The van der Waals surface area contributed by atoms with E-state index in [1.807, 2.05) is 56.3 Å². The minimum absolute atomic E-state index is 0.241. The zero-order valence-electron chi connectivity index (χ0n) is 28.0. The Morgan fingerprint density at radius 2 is 1.41 bits per heavy atom. The summed E-state index contributed by atoms with van der Waals surface area (Å²) in [5.74, 6) is -2.07. The summed E-state index contributed by atoms with van der Waals surface area (Å²) in [6.45, 7) is 7.93. The normalized spacial score (nSPS) is 17.4. The molecular weight excluding hydrogens is 628 g/mol. The van der Waals surface area contributed by atoms with E-state index in [1.54, 1.807) is 11.8 Å². The van der Waals surface area contributed by atoms with E-state index < -0.39 is 29.4 Å². The second-order valence-corrected chi connectivity index (χ2v) is 12.7. The number of carbonyl (C=O) groups is 4. The molecule has 13 heteroatoms. The van der Waals surface area contributed by atoms with Gasteiger partial charge >= 0.3 is 23.8 Å². The lowest BCUT2D eigenvalue weighted by atomic mass is 9.87. The first-order valence-corrected chi connectivity index (χ1v) is 16.5. The fourth-order valence-electron chi connectivity index (χ4n) is 6.43. The minimum atomic E-state index is -1.40. The van der Waals surface area contributed by atoms with E-state index in [-0.39, 0.29) is 18.3 Å². The smallest absolute Gasteiger partial charge is 0.397 e. The van der Waals surface area contributed by atoms with E-state index in [9.17, 15) is 19.2 Å². The second kappa shape index (κ2) is 15.3. The second-order valence-electron chi connectivity index (χ2n) is 12.7. The topological polar surface area (TPSA) is 178 Å². The number of rotatable bonds is 4. The van der Waals surface area contributed by atoms with Gasteiger partial charge in [-0.15, -0.1) is 0 Å². The van der Waals surface area contributed by atoms with E-state index in [0.717, 1.165) is 42.5 Å². The van der Waals surface area contributed by atoms with Crippen molar-refractivity contribution in [2.24, 2.45) is 4.99 Å². The molecule has 2 fully saturated rings. The van der Waals surface area contributed by atoms with Crippen LogP contribution in [-0.2, 0) is 23.9 Å². The predicted octanol–water partition coefficient (Wildman–Crippen LogP) is 4.10. The van der Waals surface area contributed by atoms with Gasteiger partial charge in [-0.1, -0.05) is 54.6 Å². The van der Waals surface area contributed by atoms with Crippen LogP contribution in [0, 0.1) is 0 Å². The Morgan fingerprint density at radius 3 is 1.96 bits per heavy atom. The highest BCUT2D eigenvalue weighted by molar-refractivity contribution is 6.32. The molecule has 0 radical (unpaired) electrons. The van der Waals surface area contributed by atoms with Gasteiger partial charge in [-0.2, -0.15) is 4.98 Å². The fourth-order valence-corrected chi connectivity index (χ4v) is 6.43. The molecule has 13 nitrogen and oxygen atoms in total. The highest BCUT2D eigenvalue weighted by Crippen LogP contribution is 2.39. The number of ether oxygens (including phenoxy) is 2. The van der Waals surface area contributed by atoms with Crippen molar-refractivity contribution in [1.82, 2.24) is 19.8 Å². The number of carboxylic acids is 1. The summed E-state index contributed by atoms with van der Waals surface area (Å²) in [4.78, 5) is 61.4. The molecule has 258 valence electrons. The molecule has 2 amide bonds. The van der Waals surface area contributed by atoms with Crippen LogP contribution >= 0.6 is 0 Å².